The SMILES string of the molecule is CC(C)OCCCNC(=O)C(C#N)C(=O)c1cccs1. The highest BCUT2D eigenvalue weighted by Gasteiger charge is 2.27. The fourth-order valence-corrected chi connectivity index (χ4v) is 2.20. The van der Waals surface area contributed by atoms with E-state index >= 15 is 0 Å². The number of amides is 1. The van der Waals surface area contributed by atoms with Crippen LogP contribution in [0.4, 0.5) is 0 Å². The van der Waals surface area contributed by atoms with Crippen molar-refractivity contribution >= 4 is 23.0 Å². The van der Waals surface area contributed by atoms with E-state index in [2.05, 4.69) is 5.32 Å². The largest absolute Gasteiger partial charge is 0.379 e. The molecule has 0 saturated heterocycles. The lowest BCUT2D eigenvalue weighted by molar-refractivity contribution is -0.122. The number of Topliss-reactive ketones (excluding diaryl/α,β-unsaturated/α-hetero) is 1. The predicted octanol–water partition coefficient (Wildman–Crippen LogP) is 2.00. The van der Waals surface area contributed by atoms with Crippen LogP contribution in [-0.2, 0) is 9.53 Å². The number of ketones is 1. The third-order valence-corrected chi connectivity index (χ3v) is 3.37. The van der Waals surface area contributed by atoms with Crippen LogP contribution in [0.15, 0.2) is 17.5 Å². The first-order valence-electron chi connectivity index (χ1n) is 6.43. The van der Waals surface area contributed by atoms with Gasteiger partial charge in [0.05, 0.1) is 17.1 Å². The van der Waals surface area contributed by atoms with Crippen molar-refractivity contribution in [2.45, 2.75) is 26.4 Å². The van der Waals surface area contributed by atoms with Crippen LogP contribution in [0.5, 0.6) is 0 Å². The molecule has 0 aliphatic heterocycles. The number of rotatable bonds is 8. The van der Waals surface area contributed by atoms with Crippen LogP contribution in [0, 0.1) is 17.2 Å². The van der Waals surface area contributed by atoms with Crippen molar-refractivity contribution in [2.24, 2.45) is 5.92 Å². The van der Waals surface area contributed by atoms with Gasteiger partial charge < -0.3 is 10.1 Å². The summed E-state index contributed by atoms with van der Waals surface area (Å²) in [6, 6.07) is 5.09. The lowest BCUT2D eigenvalue weighted by Gasteiger charge is -2.10. The zero-order chi connectivity index (χ0) is 15.0. The molecule has 0 aliphatic rings. The summed E-state index contributed by atoms with van der Waals surface area (Å²) in [4.78, 5) is 24.2. The van der Waals surface area contributed by atoms with Crippen molar-refractivity contribution in [2.75, 3.05) is 13.2 Å². The molecule has 0 saturated carbocycles. The van der Waals surface area contributed by atoms with Crippen molar-refractivity contribution < 1.29 is 14.3 Å². The second-order valence-corrected chi connectivity index (χ2v) is 5.42. The average molecular weight is 294 g/mol. The fraction of sp³-hybridized carbons (Fsp3) is 0.500. The summed E-state index contributed by atoms with van der Waals surface area (Å²) in [6.45, 7) is 4.80. The molecule has 1 atom stereocenters. The average Bonchev–Trinajstić information content (AvgIpc) is 2.92. The van der Waals surface area contributed by atoms with E-state index in [1.165, 1.54) is 11.3 Å². The van der Waals surface area contributed by atoms with Gasteiger partial charge in [-0.3, -0.25) is 9.59 Å². The van der Waals surface area contributed by atoms with Crippen LogP contribution < -0.4 is 5.32 Å². The molecule has 1 aromatic heterocycles. The van der Waals surface area contributed by atoms with E-state index in [-0.39, 0.29) is 6.10 Å². The molecule has 1 aromatic rings. The number of nitrogens with zero attached hydrogens (tertiary/aromatic N) is 1. The fourth-order valence-electron chi connectivity index (χ4n) is 1.50. The van der Waals surface area contributed by atoms with Crippen LogP contribution in [0.1, 0.15) is 29.9 Å². The van der Waals surface area contributed by atoms with Gasteiger partial charge in [-0.2, -0.15) is 5.26 Å². The lowest BCUT2D eigenvalue weighted by Crippen LogP contribution is -2.35. The van der Waals surface area contributed by atoms with Crippen LogP contribution in [-0.4, -0.2) is 30.9 Å². The molecule has 1 rings (SSSR count). The minimum absolute atomic E-state index is 0.151. The van der Waals surface area contributed by atoms with Gasteiger partial charge in [-0.05, 0) is 31.7 Å². The molecule has 108 valence electrons. The molecule has 1 amide bonds. The van der Waals surface area contributed by atoms with E-state index in [1.54, 1.807) is 23.6 Å². The zero-order valence-corrected chi connectivity index (χ0v) is 12.4. The number of ether oxygens (including phenoxy) is 1. The van der Waals surface area contributed by atoms with E-state index < -0.39 is 17.6 Å². The molecule has 1 heterocycles. The smallest absolute Gasteiger partial charge is 0.245 e. The van der Waals surface area contributed by atoms with Gasteiger partial charge in [-0.25, -0.2) is 0 Å². The molecule has 1 unspecified atom stereocenters. The van der Waals surface area contributed by atoms with Crippen molar-refractivity contribution in [3.05, 3.63) is 22.4 Å². The topological polar surface area (TPSA) is 79.2 Å². The number of thiophene rings is 1. The number of nitriles is 1. The first kappa shape index (κ1) is 16.3. The molecular weight excluding hydrogens is 276 g/mol. The van der Waals surface area contributed by atoms with E-state index in [4.69, 9.17) is 10.00 Å². The van der Waals surface area contributed by atoms with Gasteiger partial charge in [0.2, 0.25) is 5.91 Å². The molecule has 20 heavy (non-hydrogen) atoms. The van der Waals surface area contributed by atoms with E-state index in [0.717, 1.165) is 0 Å². The van der Waals surface area contributed by atoms with E-state index in [9.17, 15) is 9.59 Å². The molecule has 1 N–H and O–H groups in total. The van der Waals surface area contributed by atoms with Crippen molar-refractivity contribution in [1.29, 1.82) is 5.26 Å². The predicted molar refractivity (Wildman–Crippen MR) is 76.5 cm³/mol. The van der Waals surface area contributed by atoms with Crippen LogP contribution in [0.2, 0.25) is 0 Å². The summed E-state index contributed by atoms with van der Waals surface area (Å²) in [5.41, 5.74) is 0. The highest BCUT2D eigenvalue weighted by atomic mass is 32.1. The Morgan fingerprint density at radius 1 is 1.50 bits per heavy atom. The van der Waals surface area contributed by atoms with Gasteiger partial charge in [-0.1, -0.05) is 6.07 Å². The third-order valence-electron chi connectivity index (χ3n) is 2.49. The minimum atomic E-state index is -1.28. The Morgan fingerprint density at radius 3 is 2.80 bits per heavy atom. The van der Waals surface area contributed by atoms with Crippen LogP contribution in [0.25, 0.3) is 0 Å². The maximum absolute atomic E-state index is 12.0. The lowest BCUT2D eigenvalue weighted by atomic mass is 10.0. The van der Waals surface area contributed by atoms with Crippen molar-refractivity contribution in [1.82, 2.24) is 5.32 Å². The van der Waals surface area contributed by atoms with Crippen LogP contribution in [0.3, 0.4) is 0 Å². The van der Waals surface area contributed by atoms with Crippen molar-refractivity contribution in [3.63, 3.8) is 0 Å². The summed E-state index contributed by atoms with van der Waals surface area (Å²) < 4.78 is 5.34. The van der Waals surface area contributed by atoms with Gasteiger partial charge in [0, 0.05) is 13.2 Å². The molecule has 0 radical (unpaired) electrons. The molecule has 5 nitrogen and oxygen atoms in total. The Kier molecular flexibility index (Phi) is 6.91. The first-order valence-corrected chi connectivity index (χ1v) is 7.31. The highest BCUT2D eigenvalue weighted by molar-refractivity contribution is 7.12. The summed E-state index contributed by atoms with van der Waals surface area (Å²) >= 11 is 1.23. The van der Waals surface area contributed by atoms with E-state index in [0.29, 0.717) is 24.4 Å². The number of carbonyl (C=O) groups is 2. The Morgan fingerprint density at radius 2 is 2.25 bits per heavy atom. The zero-order valence-electron chi connectivity index (χ0n) is 11.6. The third kappa shape index (κ3) is 5.11. The molecule has 0 spiro atoms. The Bertz CT molecular complexity index is 477. The van der Waals surface area contributed by atoms with Crippen molar-refractivity contribution in [3.8, 4) is 6.07 Å². The van der Waals surface area contributed by atoms with Gasteiger partial charge in [0.15, 0.2) is 11.7 Å². The normalized spacial score (nSPS) is 11.9. The Labute approximate surface area is 122 Å². The maximum atomic E-state index is 12.0. The summed E-state index contributed by atoms with van der Waals surface area (Å²) in [6.07, 6.45) is 0.799. The summed E-state index contributed by atoms with van der Waals surface area (Å²) in [7, 11) is 0. The molecular formula is C14H18N2O3S. The highest BCUT2D eigenvalue weighted by Crippen LogP contribution is 2.14. The number of nitrogens with one attached hydrogen (secondary N) is 1. The summed E-state index contributed by atoms with van der Waals surface area (Å²) in [5, 5.41) is 13.3. The van der Waals surface area contributed by atoms with Crippen LogP contribution >= 0.6 is 11.3 Å². The number of hydrogen-bond donors (Lipinski definition) is 1. The molecule has 0 bridgehead atoms. The number of carbonyl (C=O) groups excluding carboxylic acids is 2. The van der Waals surface area contributed by atoms with E-state index in [1.807, 2.05) is 13.8 Å². The molecule has 0 fully saturated rings. The standard InChI is InChI=1S/C14H18N2O3S/c1-10(2)19-7-4-6-16-14(18)11(9-15)13(17)12-5-3-8-20-12/h3,5,8,10-11H,4,6-7H2,1-2H3,(H,16,18). The summed E-state index contributed by atoms with van der Waals surface area (Å²) in [5.74, 6) is -2.27. The molecule has 6 heteroatoms. The second-order valence-electron chi connectivity index (χ2n) is 4.47. The number of hydrogen-bond acceptors (Lipinski definition) is 5. The van der Waals surface area contributed by atoms with Gasteiger partial charge in [0.1, 0.15) is 0 Å². The second kappa shape index (κ2) is 8.46. The monoisotopic (exact) mass is 294 g/mol. The Balaban J connectivity index is 2.40. The molecule has 0 aromatic carbocycles. The van der Waals surface area contributed by atoms with Gasteiger partial charge in [0.25, 0.3) is 0 Å². The molecule has 0 aliphatic carbocycles. The first-order chi connectivity index (χ1) is 9.56. The van der Waals surface area contributed by atoms with Gasteiger partial charge in [-0.15, -0.1) is 11.3 Å². The quantitative estimate of drug-likeness (QED) is 0.452. The maximum Gasteiger partial charge on any atom is 0.245 e. The minimum Gasteiger partial charge on any atom is -0.379 e. The van der Waals surface area contributed by atoms with Gasteiger partial charge >= 0.3 is 0 Å². The Hall–Kier alpha value is -1.71.